The Labute approximate surface area is 265 Å². The second kappa shape index (κ2) is 14.9. The van der Waals surface area contributed by atoms with Crippen LogP contribution in [0.25, 0.3) is 5.69 Å². The lowest BCUT2D eigenvalue weighted by atomic mass is 10.2. The van der Waals surface area contributed by atoms with E-state index in [1.165, 1.54) is 7.11 Å². The Morgan fingerprint density at radius 1 is 1.00 bits per heavy atom. The second-order valence-electron chi connectivity index (χ2n) is 8.71. The average Bonchev–Trinajstić information content (AvgIpc) is 3.42. The maximum atomic E-state index is 12.9. The molecule has 0 bridgehead atoms. The van der Waals surface area contributed by atoms with Crippen LogP contribution < -0.4 is 20.1 Å². The minimum absolute atomic E-state index is 0.00535. The standard InChI is InChI=1S/C29H27BrClN5O6S/c1-4-42-28(39)17-5-8-19(9-6-17)33-26(37)16-43-29-35-34-25(15-32-27(38)21-13-18(30)7-11-22(21)31)36(29)23-14-20(40-2)10-12-24(23)41-3/h5-14H,4,15-16H2,1-3H3,(H,32,38)(H,33,37). The summed E-state index contributed by atoms with van der Waals surface area (Å²) in [7, 11) is 3.07. The van der Waals surface area contributed by atoms with Crippen LogP contribution in [0.3, 0.4) is 0 Å². The number of halogens is 2. The number of amides is 2. The highest BCUT2D eigenvalue weighted by atomic mass is 79.9. The lowest BCUT2D eigenvalue weighted by Crippen LogP contribution is -2.25. The van der Waals surface area contributed by atoms with E-state index in [4.69, 9.17) is 25.8 Å². The van der Waals surface area contributed by atoms with Crippen LogP contribution >= 0.6 is 39.3 Å². The second-order valence-corrected chi connectivity index (χ2v) is 11.0. The van der Waals surface area contributed by atoms with E-state index in [2.05, 4.69) is 36.8 Å². The lowest BCUT2D eigenvalue weighted by molar-refractivity contribution is -0.113. The van der Waals surface area contributed by atoms with Gasteiger partial charge in [0.1, 0.15) is 11.5 Å². The Morgan fingerprint density at radius 2 is 1.77 bits per heavy atom. The summed E-state index contributed by atoms with van der Waals surface area (Å²) in [6.07, 6.45) is 0. The molecule has 0 aliphatic heterocycles. The molecule has 0 aliphatic rings. The summed E-state index contributed by atoms with van der Waals surface area (Å²) < 4.78 is 18.4. The van der Waals surface area contributed by atoms with Crippen molar-refractivity contribution < 1.29 is 28.6 Å². The molecule has 0 fully saturated rings. The number of ether oxygens (including phenoxy) is 3. The number of benzene rings is 3. The normalized spacial score (nSPS) is 10.6. The van der Waals surface area contributed by atoms with Crippen LogP contribution in [0.15, 0.2) is 70.3 Å². The highest BCUT2D eigenvalue weighted by molar-refractivity contribution is 9.10. The molecule has 0 saturated carbocycles. The zero-order valence-corrected chi connectivity index (χ0v) is 26.5. The summed E-state index contributed by atoms with van der Waals surface area (Å²) in [5, 5.41) is 14.9. The van der Waals surface area contributed by atoms with Crippen LogP contribution in [-0.2, 0) is 16.1 Å². The van der Waals surface area contributed by atoms with E-state index in [0.29, 0.717) is 54.5 Å². The summed E-state index contributed by atoms with van der Waals surface area (Å²) in [5.41, 5.74) is 1.75. The predicted molar refractivity (Wildman–Crippen MR) is 167 cm³/mol. The third kappa shape index (κ3) is 8.06. The molecule has 3 aromatic carbocycles. The van der Waals surface area contributed by atoms with Crippen LogP contribution in [0.2, 0.25) is 5.02 Å². The van der Waals surface area contributed by atoms with Gasteiger partial charge in [-0.2, -0.15) is 0 Å². The SMILES string of the molecule is CCOC(=O)c1ccc(NC(=O)CSc2nnc(CNC(=O)c3cc(Br)ccc3Cl)n2-c2cc(OC)ccc2OC)cc1. The Morgan fingerprint density at radius 3 is 2.47 bits per heavy atom. The Bertz CT molecular complexity index is 1630. The van der Waals surface area contributed by atoms with E-state index in [1.807, 2.05) is 0 Å². The number of carbonyl (C=O) groups excluding carboxylic acids is 3. The average molecular weight is 689 g/mol. The molecule has 0 saturated heterocycles. The van der Waals surface area contributed by atoms with Gasteiger partial charge >= 0.3 is 5.97 Å². The van der Waals surface area contributed by atoms with Crippen LogP contribution in [0, 0.1) is 0 Å². The molecular formula is C29H27BrClN5O6S. The van der Waals surface area contributed by atoms with Crippen molar-refractivity contribution in [1.82, 2.24) is 20.1 Å². The number of rotatable bonds is 12. The molecule has 4 rings (SSSR count). The molecule has 224 valence electrons. The van der Waals surface area contributed by atoms with E-state index in [-0.39, 0.29) is 24.8 Å². The molecule has 0 unspecified atom stereocenters. The van der Waals surface area contributed by atoms with Crippen LogP contribution in [0.5, 0.6) is 11.5 Å². The van der Waals surface area contributed by atoms with Crippen LogP contribution in [-0.4, -0.2) is 59.1 Å². The summed E-state index contributed by atoms with van der Waals surface area (Å²) in [5.74, 6) is 0.278. The van der Waals surface area contributed by atoms with Crippen molar-refractivity contribution in [3.8, 4) is 17.2 Å². The summed E-state index contributed by atoms with van der Waals surface area (Å²) in [6.45, 7) is 2.00. The number of hydrogen-bond acceptors (Lipinski definition) is 9. The molecule has 4 aromatic rings. The zero-order valence-electron chi connectivity index (χ0n) is 23.4. The van der Waals surface area contributed by atoms with Crippen molar-refractivity contribution in [1.29, 1.82) is 0 Å². The highest BCUT2D eigenvalue weighted by Crippen LogP contribution is 2.32. The van der Waals surface area contributed by atoms with Crippen molar-refractivity contribution in [2.75, 3.05) is 31.9 Å². The van der Waals surface area contributed by atoms with Gasteiger partial charge in [-0.05, 0) is 61.5 Å². The van der Waals surface area contributed by atoms with E-state index < -0.39 is 11.9 Å². The van der Waals surface area contributed by atoms with Crippen molar-refractivity contribution in [3.63, 3.8) is 0 Å². The first-order valence-corrected chi connectivity index (χ1v) is 15.0. The molecule has 43 heavy (non-hydrogen) atoms. The topological polar surface area (TPSA) is 134 Å². The number of aromatic nitrogens is 3. The van der Waals surface area contributed by atoms with Gasteiger partial charge in [-0.3, -0.25) is 14.2 Å². The van der Waals surface area contributed by atoms with Gasteiger partial charge in [0.15, 0.2) is 11.0 Å². The Kier molecular flexibility index (Phi) is 11.0. The number of anilines is 1. The first kappa shape index (κ1) is 31.9. The maximum Gasteiger partial charge on any atom is 0.338 e. The van der Waals surface area contributed by atoms with Crippen molar-refractivity contribution in [2.24, 2.45) is 0 Å². The van der Waals surface area contributed by atoms with Gasteiger partial charge in [0.25, 0.3) is 5.91 Å². The molecule has 14 heteroatoms. The first-order valence-electron chi connectivity index (χ1n) is 12.8. The van der Waals surface area contributed by atoms with E-state index in [0.717, 1.165) is 11.8 Å². The van der Waals surface area contributed by atoms with E-state index >= 15 is 0 Å². The summed E-state index contributed by atoms with van der Waals surface area (Å²) in [4.78, 5) is 37.6. The molecule has 11 nitrogen and oxygen atoms in total. The number of hydrogen-bond donors (Lipinski definition) is 2. The fourth-order valence-corrected chi connectivity index (χ4v) is 5.21. The maximum absolute atomic E-state index is 12.9. The number of esters is 1. The summed E-state index contributed by atoms with van der Waals surface area (Å²) >= 11 is 10.7. The fourth-order valence-electron chi connectivity index (χ4n) is 3.88. The number of nitrogens with one attached hydrogen (secondary N) is 2. The lowest BCUT2D eigenvalue weighted by Gasteiger charge is -2.15. The fraction of sp³-hybridized carbons (Fsp3) is 0.207. The monoisotopic (exact) mass is 687 g/mol. The van der Waals surface area contributed by atoms with Gasteiger partial charge in [0, 0.05) is 16.2 Å². The van der Waals surface area contributed by atoms with Crippen molar-refractivity contribution in [3.05, 3.63) is 87.1 Å². The largest absolute Gasteiger partial charge is 0.497 e. The molecular weight excluding hydrogens is 662 g/mol. The first-order chi connectivity index (χ1) is 20.7. The Balaban J connectivity index is 1.55. The van der Waals surface area contributed by atoms with Crippen LogP contribution in [0.4, 0.5) is 5.69 Å². The van der Waals surface area contributed by atoms with E-state index in [1.54, 1.807) is 79.3 Å². The molecule has 2 amide bonds. The highest BCUT2D eigenvalue weighted by Gasteiger charge is 2.21. The molecule has 0 atom stereocenters. The Hall–Kier alpha value is -4.07. The number of methoxy groups -OCH3 is 2. The molecule has 0 radical (unpaired) electrons. The van der Waals surface area contributed by atoms with Crippen molar-refractivity contribution in [2.45, 2.75) is 18.6 Å². The van der Waals surface area contributed by atoms with Gasteiger partial charge in [-0.25, -0.2) is 4.79 Å². The molecule has 0 spiro atoms. The van der Waals surface area contributed by atoms with E-state index in [9.17, 15) is 14.4 Å². The zero-order chi connectivity index (χ0) is 30.9. The predicted octanol–water partition coefficient (Wildman–Crippen LogP) is 5.54. The third-order valence-corrected chi connectivity index (χ3v) is 7.67. The van der Waals surface area contributed by atoms with Crippen molar-refractivity contribution >= 4 is 62.8 Å². The number of thioether (sulfide) groups is 1. The van der Waals surface area contributed by atoms with Gasteiger partial charge in [-0.1, -0.05) is 39.3 Å². The number of carbonyl (C=O) groups is 3. The van der Waals surface area contributed by atoms with Crippen LogP contribution in [0.1, 0.15) is 33.5 Å². The van der Waals surface area contributed by atoms with Gasteiger partial charge in [0.2, 0.25) is 5.91 Å². The quantitative estimate of drug-likeness (QED) is 0.145. The molecule has 1 heterocycles. The third-order valence-electron chi connectivity index (χ3n) is 5.92. The minimum atomic E-state index is -0.435. The molecule has 1 aromatic heterocycles. The van der Waals surface area contributed by atoms with Gasteiger partial charge < -0.3 is 24.8 Å². The smallest absolute Gasteiger partial charge is 0.338 e. The van der Waals surface area contributed by atoms with Gasteiger partial charge in [-0.15, -0.1) is 10.2 Å². The summed E-state index contributed by atoms with van der Waals surface area (Å²) in [6, 6.07) is 16.6. The number of nitrogens with zero attached hydrogens (tertiary/aromatic N) is 3. The molecule has 0 aliphatic carbocycles. The minimum Gasteiger partial charge on any atom is -0.497 e. The van der Waals surface area contributed by atoms with Gasteiger partial charge in [0.05, 0.1) is 55.0 Å². The molecule has 2 N–H and O–H groups in total.